The van der Waals surface area contributed by atoms with Crippen molar-refractivity contribution < 1.29 is 9.90 Å². The number of carboxylic acids is 1. The van der Waals surface area contributed by atoms with Crippen LogP contribution in [0.4, 0.5) is 5.69 Å². The fourth-order valence-corrected chi connectivity index (χ4v) is 2.41. The Bertz CT molecular complexity index is 427. The molecule has 118 valence electrons. The van der Waals surface area contributed by atoms with Crippen LogP contribution in [0.3, 0.4) is 0 Å². The number of hydrogen-bond donors (Lipinski definition) is 2. The first-order valence-electron chi connectivity index (χ1n) is 7.83. The minimum atomic E-state index is -0.774. The molecule has 1 aromatic carbocycles. The van der Waals surface area contributed by atoms with Gasteiger partial charge in [0.2, 0.25) is 0 Å². The van der Waals surface area contributed by atoms with Crippen molar-refractivity contribution in [2.75, 3.05) is 18.0 Å². The van der Waals surface area contributed by atoms with Crippen molar-refractivity contribution in [1.29, 1.82) is 0 Å². The molecule has 0 fully saturated rings. The topological polar surface area (TPSA) is 52.6 Å². The number of carbonyl (C=O) groups is 1. The summed E-state index contributed by atoms with van der Waals surface area (Å²) in [5, 5.41) is 12.4. The third-order valence-corrected chi connectivity index (χ3v) is 4.07. The lowest BCUT2D eigenvalue weighted by molar-refractivity contribution is -0.140. The van der Waals surface area contributed by atoms with Crippen LogP contribution in [0.1, 0.15) is 39.7 Å². The number of aliphatic carboxylic acids is 1. The van der Waals surface area contributed by atoms with E-state index in [1.165, 1.54) is 5.69 Å². The summed E-state index contributed by atoms with van der Waals surface area (Å²) in [6.07, 6.45) is 0.852. The van der Waals surface area contributed by atoms with E-state index in [-0.39, 0.29) is 5.92 Å². The van der Waals surface area contributed by atoms with E-state index in [4.69, 9.17) is 0 Å². The number of carboxylic acid groups (broad SMARTS) is 1. The monoisotopic (exact) mass is 292 g/mol. The SMILES string of the molecule is CCC(C)C(NCc1ccc(N(CC)CC)cc1)C(=O)O. The molecule has 2 N–H and O–H groups in total. The molecule has 0 amide bonds. The second-order valence-electron chi connectivity index (χ2n) is 5.42. The third kappa shape index (κ3) is 5.05. The summed E-state index contributed by atoms with van der Waals surface area (Å²) in [6, 6.07) is 7.84. The highest BCUT2D eigenvalue weighted by molar-refractivity contribution is 5.73. The van der Waals surface area contributed by atoms with Gasteiger partial charge in [-0.05, 0) is 37.5 Å². The van der Waals surface area contributed by atoms with Gasteiger partial charge >= 0.3 is 5.97 Å². The maximum Gasteiger partial charge on any atom is 0.320 e. The summed E-state index contributed by atoms with van der Waals surface area (Å²) in [7, 11) is 0. The molecular weight excluding hydrogens is 264 g/mol. The van der Waals surface area contributed by atoms with Crippen LogP contribution in [0, 0.1) is 5.92 Å². The number of anilines is 1. The molecule has 4 heteroatoms. The van der Waals surface area contributed by atoms with E-state index in [0.717, 1.165) is 25.1 Å². The van der Waals surface area contributed by atoms with E-state index in [1.807, 2.05) is 13.8 Å². The smallest absolute Gasteiger partial charge is 0.320 e. The second kappa shape index (κ2) is 8.67. The molecule has 0 aliphatic rings. The zero-order valence-electron chi connectivity index (χ0n) is 13.6. The highest BCUT2D eigenvalue weighted by Gasteiger charge is 2.22. The van der Waals surface area contributed by atoms with Crippen molar-refractivity contribution in [2.24, 2.45) is 5.92 Å². The largest absolute Gasteiger partial charge is 0.480 e. The molecule has 4 nitrogen and oxygen atoms in total. The van der Waals surface area contributed by atoms with Crippen LogP contribution in [0.25, 0.3) is 0 Å². The van der Waals surface area contributed by atoms with Crippen molar-refractivity contribution in [3.63, 3.8) is 0 Å². The van der Waals surface area contributed by atoms with Crippen molar-refractivity contribution in [2.45, 2.75) is 46.7 Å². The van der Waals surface area contributed by atoms with Crippen LogP contribution in [-0.4, -0.2) is 30.2 Å². The average molecular weight is 292 g/mol. The molecule has 1 aromatic rings. The predicted molar refractivity (Wildman–Crippen MR) is 87.7 cm³/mol. The molecule has 0 saturated carbocycles. The van der Waals surface area contributed by atoms with Gasteiger partial charge in [0.15, 0.2) is 0 Å². The maximum atomic E-state index is 11.3. The van der Waals surface area contributed by atoms with E-state index in [9.17, 15) is 9.90 Å². The van der Waals surface area contributed by atoms with Crippen molar-refractivity contribution in [1.82, 2.24) is 5.32 Å². The van der Waals surface area contributed by atoms with Crippen molar-refractivity contribution >= 4 is 11.7 Å². The lowest BCUT2D eigenvalue weighted by atomic mass is 9.99. The molecule has 0 radical (unpaired) electrons. The van der Waals surface area contributed by atoms with E-state index >= 15 is 0 Å². The molecule has 21 heavy (non-hydrogen) atoms. The molecule has 2 unspecified atom stereocenters. The molecule has 1 rings (SSSR count). The lowest BCUT2D eigenvalue weighted by Crippen LogP contribution is -2.41. The van der Waals surface area contributed by atoms with Crippen LogP contribution >= 0.6 is 0 Å². The van der Waals surface area contributed by atoms with Gasteiger partial charge in [-0.15, -0.1) is 0 Å². The number of benzene rings is 1. The van der Waals surface area contributed by atoms with Gasteiger partial charge in [-0.3, -0.25) is 4.79 Å². The number of rotatable bonds is 9. The van der Waals surface area contributed by atoms with Gasteiger partial charge < -0.3 is 15.3 Å². The van der Waals surface area contributed by atoms with E-state index < -0.39 is 12.0 Å². The Kier molecular flexibility index (Phi) is 7.23. The number of nitrogens with one attached hydrogen (secondary N) is 1. The van der Waals surface area contributed by atoms with Crippen LogP contribution < -0.4 is 10.2 Å². The Morgan fingerprint density at radius 3 is 2.19 bits per heavy atom. The number of hydrogen-bond acceptors (Lipinski definition) is 3. The first-order valence-corrected chi connectivity index (χ1v) is 7.83. The molecule has 0 aliphatic carbocycles. The van der Waals surface area contributed by atoms with Gasteiger partial charge in [-0.2, -0.15) is 0 Å². The van der Waals surface area contributed by atoms with E-state index in [2.05, 4.69) is 48.3 Å². The molecule has 0 saturated heterocycles. The molecule has 0 aromatic heterocycles. The molecule has 0 bridgehead atoms. The van der Waals surface area contributed by atoms with E-state index in [0.29, 0.717) is 6.54 Å². The van der Waals surface area contributed by atoms with Crippen LogP contribution in [-0.2, 0) is 11.3 Å². The zero-order valence-corrected chi connectivity index (χ0v) is 13.6. The summed E-state index contributed by atoms with van der Waals surface area (Å²) in [5.41, 5.74) is 2.32. The minimum Gasteiger partial charge on any atom is -0.480 e. The average Bonchev–Trinajstić information content (AvgIpc) is 2.49. The maximum absolute atomic E-state index is 11.3. The predicted octanol–water partition coefficient (Wildman–Crippen LogP) is 3.12. The van der Waals surface area contributed by atoms with Crippen molar-refractivity contribution in [3.8, 4) is 0 Å². The van der Waals surface area contributed by atoms with Crippen LogP contribution in [0.5, 0.6) is 0 Å². The Hall–Kier alpha value is -1.55. The lowest BCUT2D eigenvalue weighted by Gasteiger charge is -2.22. The summed E-state index contributed by atoms with van der Waals surface area (Å²) in [5.74, 6) is -0.651. The summed E-state index contributed by atoms with van der Waals surface area (Å²) < 4.78 is 0. The summed E-state index contributed by atoms with van der Waals surface area (Å²) in [6.45, 7) is 10.8. The highest BCUT2D eigenvalue weighted by Crippen LogP contribution is 2.15. The Labute approximate surface area is 128 Å². The van der Waals surface area contributed by atoms with E-state index in [1.54, 1.807) is 0 Å². The normalized spacial score (nSPS) is 13.7. The first-order chi connectivity index (χ1) is 10.0. The summed E-state index contributed by atoms with van der Waals surface area (Å²) >= 11 is 0. The van der Waals surface area contributed by atoms with Gasteiger partial charge in [0.25, 0.3) is 0 Å². The van der Waals surface area contributed by atoms with Gasteiger partial charge in [0.05, 0.1) is 0 Å². The van der Waals surface area contributed by atoms with Crippen molar-refractivity contribution in [3.05, 3.63) is 29.8 Å². The molecule has 2 atom stereocenters. The Morgan fingerprint density at radius 2 is 1.76 bits per heavy atom. The highest BCUT2D eigenvalue weighted by atomic mass is 16.4. The van der Waals surface area contributed by atoms with Gasteiger partial charge in [-0.25, -0.2) is 0 Å². The standard InChI is InChI=1S/C17H28N2O2/c1-5-13(4)16(17(20)21)18-12-14-8-10-15(11-9-14)19(6-2)7-3/h8-11,13,16,18H,5-7,12H2,1-4H3,(H,20,21). The van der Waals surface area contributed by atoms with Crippen LogP contribution in [0.2, 0.25) is 0 Å². The van der Waals surface area contributed by atoms with Gasteiger partial charge in [0.1, 0.15) is 6.04 Å². The minimum absolute atomic E-state index is 0.123. The van der Waals surface area contributed by atoms with Crippen LogP contribution in [0.15, 0.2) is 24.3 Å². The third-order valence-electron chi connectivity index (χ3n) is 4.07. The van der Waals surface area contributed by atoms with Gasteiger partial charge in [0, 0.05) is 25.3 Å². The number of nitrogens with zero attached hydrogens (tertiary/aromatic N) is 1. The molecular formula is C17H28N2O2. The Morgan fingerprint density at radius 1 is 1.19 bits per heavy atom. The Balaban J connectivity index is 2.65. The molecule has 0 spiro atoms. The first kappa shape index (κ1) is 17.5. The molecule has 0 aliphatic heterocycles. The fraction of sp³-hybridized carbons (Fsp3) is 0.588. The quantitative estimate of drug-likeness (QED) is 0.734. The zero-order chi connectivity index (χ0) is 15.8. The fourth-order valence-electron chi connectivity index (χ4n) is 2.41. The summed E-state index contributed by atoms with van der Waals surface area (Å²) in [4.78, 5) is 13.6. The second-order valence-corrected chi connectivity index (χ2v) is 5.42. The van der Waals surface area contributed by atoms with Gasteiger partial charge in [-0.1, -0.05) is 32.4 Å². The molecule has 0 heterocycles.